The van der Waals surface area contributed by atoms with Gasteiger partial charge in [0.25, 0.3) is 5.69 Å². The van der Waals surface area contributed by atoms with Crippen LogP contribution in [-0.4, -0.2) is 39.4 Å². The molecule has 2 heterocycles. The molecule has 0 bridgehead atoms. The molecule has 1 unspecified atom stereocenters. The molecule has 0 spiro atoms. The fourth-order valence-electron chi connectivity index (χ4n) is 4.24. The standard InChI is InChI=1S/C23H26N4O5/c28-22(24-18-8-4-12-25(16-18)15-17-6-2-1-3-7-17)9-5-13-26-20-11-10-19(27(30)31)14-21(20)32-23(26)29/h1-3,6-7,10-11,14,18H,4-5,8-9,12-13,15-16H2,(H,24,28). The van der Waals surface area contributed by atoms with Crippen LogP contribution >= 0.6 is 0 Å². The molecular formula is C23H26N4O5. The number of benzene rings is 2. The lowest BCUT2D eigenvalue weighted by atomic mass is 10.0. The first-order chi connectivity index (χ1) is 15.5. The number of carbonyl (C=O) groups excluding carboxylic acids is 1. The van der Waals surface area contributed by atoms with Gasteiger partial charge in [0.2, 0.25) is 5.91 Å². The van der Waals surface area contributed by atoms with E-state index in [4.69, 9.17) is 4.42 Å². The Bertz CT molecular complexity index is 1150. The zero-order valence-corrected chi connectivity index (χ0v) is 17.7. The highest BCUT2D eigenvalue weighted by atomic mass is 16.6. The first-order valence-electron chi connectivity index (χ1n) is 10.8. The van der Waals surface area contributed by atoms with Gasteiger partial charge in [-0.1, -0.05) is 30.3 Å². The molecule has 1 aliphatic rings. The van der Waals surface area contributed by atoms with Crippen molar-refractivity contribution in [1.29, 1.82) is 0 Å². The van der Waals surface area contributed by atoms with Gasteiger partial charge in [-0.2, -0.15) is 0 Å². The number of nitro groups is 1. The largest absolute Gasteiger partial charge is 0.419 e. The number of likely N-dealkylation sites (tertiary alicyclic amines) is 1. The quantitative estimate of drug-likeness (QED) is 0.427. The molecule has 0 saturated carbocycles. The van der Waals surface area contributed by atoms with Crippen LogP contribution < -0.4 is 11.1 Å². The molecule has 1 saturated heterocycles. The SMILES string of the molecule is O=C(CCCn1c(=O)oc2cc([N+](=O)[O-])ccc21)NC1CCCN(Cc2ccccc2)C1. The van der Waals surface area contributed by atoms with Gasteiger partial charge in [0.1, 0.15) is 0 Å². The Balaban J connectivity index is 1.27. The van der Waals surface area contributed by atoms with Crippen LogP contribution in [-0.2, 0) is 17.9 Å². The van der Waals surface area contributed by atoms with Crippen molar-refractivity contribution < 1.29 is 14.1 Å². The summed E-state index contributed by atoms with van der Waals surface area (Å²) in [5.41, 5.74) is 1.80. The van der Waals surface area contributed by atoms with E-state index in [1.807, 2.05) is 18.2 Å². The molecule has 1 fully saturated rings. The number of oxazole rings is 1. The summed E-state index contributed by atoms with van der Waals surface area (Å²) in [6.07, 6.45) is 2.76. The number of piperidine rings is 1. The number of carbonyl (C=O) groups is 1. The molecule has 1 N–H and O–H groups in total. The maximum Gasteiger partial charge on any atom is 0.419 e. The highest BCUT2D eigenvalue weighted by Crippen LogP contribution is 2.20. The van der Waals surface area contributed by atoms with Crippen LogP contribution in [0.5, 0.6) is 0 Å². The second kappa shape index (κ2) is 9.78. The number of non-ortho nitro benzene ring substituents is 1. The summed E-state index contributed by atoms with van der Waals surface area (Å²) in [4.78, 5) is 37.3. The highest BCUT2D eigenvalue weighted by molar-refractivity contribution is 5.77. The molecular weight excluding hydrogens is 412 g/mol. The van der Waals surface area contributed by atoms with Crippen molar-refractivity contribution in [2.75, 3.05) is 13.1 Å². The molecule has 32 heavy (non-hydrogen) atoms. The third-order valence-electron chi connectivity index (χ3n) is 5.77. The third-order valence-corrected chi connectivity index (χ3v) is 5.77. The fraction of sp³-hybridized carbons (Fsp3) is 0.391. The highest BCUT2D eigenvalue weighted by Gasteiger charge is 2.21. The summed E-state index contributed by atoms with van der Waals surface area (Å²) >= 11 is 0. The van der Waals surface area contributed by atoms with Crippen molar-refractivity contribution in [2.45, 2.75) is 44.8 Å². The van der Waals surface area contributed by atoms with Gasteiger partial charge in [-0.05, 0) is 37.4 Å². The number of fused-ring (bicyclic) bond motifs is 1. The molecule has 3 aromatic rings. The molecule has 1 atom stereocenters. The van der Waals surface area contributed by atoms with Crippen LogP contribution in [0.2, 0.25) is 0 Å². The smallest absolute Gasteiger partial charge is 0.407 e. The van der Waals surface area contributed by atoms with E-state index in [-0.39, 0.29) is 23.2 Å². The minimum Gasteiger partial charge on any atom is -0.407 e. The monoisotopic (exact) mass is 438 g/mol. The van der Waals surface area contributed by atoms with Gasteiger partial charge in [-0.25, -0.2) is 4.79 Å². The number of hydrogen-bond donors (Lipinski definition) is 1. The molecule has 1 aliphatic heterocycles. The maximum absolute atomic E-state index is 12.5. The van der Waals surface area contributed by atoms with Gasteiger partial charge in [-0.15, -0.1) is 0 Å². The molecule has 0 radical (unpaired) electrons. The second-order valence-corrected chi connectivity index (χ2v) is 8.16. The lowest BCUT2D eigenvalue weighted by molar-refractivity contribution is -0.384. The average Bonchev–Trinajstić information content (AvgIpc) is 3.09. The Labute approximate surface area is 184 Å². The van der Waals surface area contributed by atoms with Gasteiger partial charge in [0.15, 0.2) is 5.58 Å². The second-order valence-electron chi connectivity index (χ2n) is 8.16. The van der Waals surface area contributed by atoms with Crippen molar-refractivity contribution in [2.24, 2.45) is 0 Å². The normalized spacial score (nSPS) is 16.8. The molecule has 4 rings (SSSR count). The van der Waals surface area contributed by atoms with Gasteiger partial charge >= 0.3 is 5.76 Å². The summed E-state index contributed by atoms with van der Waals surface area (Å²) in [6, 6.07) is 14.5. The Morgan fingerprint density at radius 1 is 1.22 bits per heavy atom. The van der Waals surface area contributed by atoms with E-state index in [2.05, 4.69) is 22.3 Å². The Kier molecular flexibility index (Phi) is 6.65. The van der Waals surface area contributed by atoms with E-state index < -0.39 is 10.7 Å². The van der Waals surface area contributed by atoms with Crippen molar-refractivity contribution in [3.05, 3.63) is 74.8 Å². The molecule has 0 aliphatic carbocycles. The van der Waals surface area contributed by atoms with E-state index in [0.29, 0.717) is 24.9 Å². The number of hydrogen-bond acceptors (Lipinski definition) is 6. The number of nitro benzene ring substituents is 1. The van der Waals surface area contributed by atoms with Crippen LogP contribution in [0.3, 0.4) is 0 Å². The number of amides is 1. The summed E-state index contributed by atoms with van der Waals surface area (Å²) in [5.74, 6) is -0.613. The minimum absolute atomic E-state index is 0.0342. The first kappa shape index (κ1) is 21.8. The summed E-state index contributed by atoms with van der Waals surface area (Å²) in [7, 11) is 0. The predicted octanol–water partition coefficient (Wildman–Crippen LogP) is 3.06. The first-order valence-corrected chi connectivity index (χ1v) is 10.8. The van der Waals surface area contributed by atoms with E-state index in [0.717, 1.165) is 32.5 Å². The van der Waals surface area contributed by atoms with Crippen LogP contribution in [0.4, 0.5) is 5.69 Å². The average molecular weight is 438 g/mol. The lowest BCUT2D eigenvalue weighted by Crippen LogP contribution is -2.47. The van der Waals surface area contributed by atoms with Gasteiger partial charge < -0.3 is 9.73 Å². The summed E-state index contributed by atoms with van der Waals surface area (Å²) < 4.78 is 6.54. The number of nitrogens with one attached hydrogen (secondary N) is 1. The lowest BCUT2D eigenvalue weighted by Gasteiger charge is -2.33. The van der Waals surface area contributed by atoms with Gasteiger partial charge in [-0.3, -0.25) is 24.4 Å². The van der Waals surface area contributed by atoms with Gasteiger partial charge in [0.05, 0.1) is 16.5 Å². The molecule has 9 nitrogen and oxygen atoms in total. The van der Waals surface area contributed by atoms with Gasteiger partial charge in [0, 0.05) is 38.2 Å². The van der Waals surface area contributed by atoms with E-state index in [1.165, 1.54) is 28.3 Å². The van der Waals surface area contributed by atoms with E-state index in [1.54, 1.807) is 0 Å². The summed E-state index contributed by atoms with van der Waals surface area (Å²) in [6.45, 7) is 3.03. The zero-order valence-electron chi connectivity index (χ0n) is 17.7. The van der Waals surface area contributed by atoms with E-state index >= 15 is 0 Å². The van der Waals surface area contributed by atoms with Crippen molar-refractivity contribution in [3.63, 3.8) is 0 Å². The number of nitrogens with zero attached hydrogens (tertiary/aromatic N) is 3. The zero-order chi connectivity index (χ0) is 22.5. The third kappa shape index (κ3) is 5.23. The Hall–Kier alpha value is -3.46. The Morgan fingerprint density at radius 2 is 2.03 bits per heavy atom. The van der Waals surface area contributed by atoms with Crippen LogP contribution in [0.25, 0.3) is 11.1 Å². The molecule has 1 aromatic heterocycles. The molecule has 2 aromatic carbocycles. The maximum atomic E-state index is 12.5. The number of rotatable bonds is 8. The van der Waals surface area contributed by atoms with Crippen molar-refractivity contribution in [3.8, 4) is 0 Å². The Morgan fingerprint density at radius 3 is 2.81 bits per heavy atom. The van der Waals surface area contributed by atoms with Crippen LogP contribution in [0.1, 0.15) is 31.2 Å². The number of aryl methyl sites for hydroxylation is 1. The van der Waals surface area contributed by atoms with E-state index in [9.17, 15) is 19.7 Å². The van der Waals surface area contributed by atoms with Crippen LogP contribution in [0.15, 0.2) is 57.7 Å². The fourth-order valence-corrected chi connectivity index (χ4v) is 4.24. The van der Waals surface area contributed by atoms with Crippen molar-refractivity contribution >= 4 is 22.7 Å². The topological polar surface area (TPSA) is 111 Å². The molecule has 1 amide bonds. The van der Waals surface area contributed by atoms with Crippen molar-refractivity contribution in [1.82, 2.24) is 14.8 Å². The molecule has 168 valence electrons. The molecule has 9 heteroatoms. The summed E-state index contributed by atoms with van der Waals surface area (Å²) in [5, 5.41) is 14.0. The van der Waals surface area contributed by atoms with Crippen LogP contribution in [0, 0.1) is 10.1 Å². The minimum atomic E-state index is -0.579. The number of aromatic nitrogens is 1. The predicted molar refractivity (Wildman–Crippen MR) is 119 cm³/mol.